The Balaban J connectivity index is 1.72. The summed E-state index contributed by atoms with van der Waals surface area (Å²) >= 11 is 7.27. The van der Waals surface area contributed by atoms with E-state index in [4.69, 9.17) is 16.3 Å². The second kappa shape index (κ2) is 7.02. The molecule has 6 nitrogen and oxygen atoms in total. The molecule has 3 N–H and O–H groups in total. The second-order valence-corrected chi connectivity index (χ2v) is 6.58. The number of hydrogen-bond acceptors (Lipinski definition) is 7. The molecule has 4 atom stereocenters. The zero-order valence-electron chi connectivity index (χ0n) is 11.9. The van der Waals surface area contributed by atoms with Crippen molar-refractivity contribution in [1.29, 1.82) is 0 Å². The Morgan fingerprint density at radius 2 is 1.96 bits per heavy atom. The molecule has 0 aliphatic carbocycles. The van der Waals surface area contributed by atoms with Gasteiger partial charge < -0.3 is 20.1 Å². The number of halogens is 1. The largest absolute Gasteiger partial charge is 0.475 e. The average Bonchev–Trinajstić information content (AvgIpc) is 2.57. The number of aliphatic hydroxyl groups is 3. The predicted molar refractivity (Wildman–Crippen MR) is 87.4 cm³/mol. The zero-order valence-corrected chi connectivity index (χ0v) is 13.5. The van der Waals surface area contributed by atoms with E-state index in [-0.39, 0.29) is 0 Å². The van der Waals surface area contributed by atoms with Crippen molar-refractivity contribution in [1.82, 2.24) is 9.97 Å². The maximum atomic E-state index is 9.94. The number of aromatic nitrogens is 2. The molecule has 3 heterocycles. The van der Waals surface area contributed by atoms with Crippen LogP contribution >= 0.6 is 23.4 Å². The molecule has 2 aromatic rings. The molecule has 0 saturated carbocycles. The number of ether oxygens (including phenoxy) is 1. The number of aliphatic hydroxyl groups excluding tert-OH is 3. The SMILES string of the molecule is O[C@@H]1[C@@H](O)[C@H](Oc2ccc(-c3cccnc3Cl)nc2)SC[C@H]1O. The normalized spacial score (nSPS) is 27.7. The van der Waals surface area contributed by atoms with E-state index in [2.05, 4.69) is 9.97 Å². The van der Waals surface area contributed by atoms with Crippen molar-refractivity contribution in [2.24, 2.45) is 0 Å². The van der Waals surface area contributed by atoms with Crippen LogP contribution in [0.3, 0.4) is 0 Å². The molecule has 2 aromatic heterocycles. The van der Waals surface area contributed by atoms with Crippen LogP contribution in [0.1, 0.15) is 0 Å². The van der Waals surface area contributed by atoms with Crippen molar-refractivity contribution >= 4 is 23.4 Å². The van der Waals surface area contributed by atoms with Crippen molar-refractivity contribution in [2.45, 2.75) is 23.7 Å². The van der Waals surface area contributed by atoms with E-state index in [0.29, 0.717) is 27.9 Å². The summed E-state index contributed by atoms with van der Waals surface area (Å²) in [6.45, 7) is 0. The molecule has 0 unspecified atom stereocenters. The number of nitrogens with zero attached hydrogens (tertiary/aromatic N) is 2. The van der Waals surface area contributed by atoms with Gasteiger partial charge in [0.05, 0.1) is 18.0 Å². The first-order valence-electron chi connectivity index (χ1n) is 6.95. The molecule has 0 bridgehead atoms. The third-order valence-electron chi connectivity index (χ3n) is 3.48. The van der Waals surface area contributed by atoms with Crippen LogP contribution in [-0.2, 0) is 0 Å². The molecule has 122 valence electrons. The van der Waals surface area contributed by atoms with Crippen LogP contribution in [0.25, 0.3) is 11.3 Å². The van der Waals surface area contributed by atoms with Crippen LogP contribution in [0.5, 0.6) is 5.75 Å². The van der Waals surface area contributed by atoms with Gasteiger partial charge in [-0.2, -0.15) is 0 Å². The maximum absolute atomic E-state index is 9.94. The fraction of sp³-hybridized carbons (Fsp3) is 0.333. The summed E-state index contributed by atoms with van der Waals surface area (Å²) in [6, 6.07) is 7.03. The minimum atomic E-state index is -1.22. The minimum Gasteiger partial charge on any atom is -0.475 e. The topological polar surface area (TPSA) is 95.7 Å². The Kier molecular flexibility index (Phi) is 5.03. The van der Waals surface area contributed by atoms with Crippen molar-refractivity contribution in [2.75, 3.05) is 5.75 Å². The molecule has 1 aliphatic heterocycles. The lowest BCUT2D eigenvalue weighted by atomic mass is 10.1. The highest BCUT2D eigenvalue weighted by Gasteiger charge is 2.38. The van der Waals surface area contributed by atoms with Crippen molar-refractivity contribution in [3.05, 3.63) is 41.8 Å². The first kappa shape index (κ1) is 16.5. The molecular weight excluding hydrogens is 340 g/mol. The molecule has 1 aliphatic rings. The van der Waals surface area contributed by atoms with Gasteiger partial charge in [0.1, 0.15) is 23.1 Å². The Labute approximate surface area is 142 Å². The van der Waals surface area contributed by atoms with E-state index in [1.165, 1.54) is 18.0 Å². The molecule has 23 heavy (non-hydrogen) atoms. The van der Waals surface area contributed by atoms with E-state index in [1.807, 2.05) is 6.07 Å². The second-order valence-electron chi connectivity index (χ2n) is 5.09. The van der Waals surface area contributed by atoms with Crippen molar-refractivity contribution in [3.8, 4) is 17.0 Å². The Morgan fingerprint density at radius 1 is 1.13 bits per heavy atom. The lowest BCUT2D eigenvalue weighted by Crippen LogP contribution is -2.50. The highest BCUT2D eigenvalue weighted by molar-refractivity contribution is 7.99. The molecule has 0 aromatic carbocycles. The first-order valence-corrected chi connectivity index (χ1v) is 8.38. The monoisotopic (exact) mass is 354 g/mol. The van der Waals surface area contributed by atoms with Gasteiger partial charge in [0, 0.05) is 17.5 Å². The molecule has 8 heteroatoms. The smallest absolute Gasteiger partial charge is 0.173 e. The van der Waals surface area contributed by atoms with E-state index < -0.39 is 23.7 Å². The number of rotatable bonds is 3. The number of thioether (sulfide) groups is 1. The number of hydrogen-bond donors (Lipinski definition) is 3. The van der Waals surface area contributed by atoms with E-state index in [0.717, 1.165) is 0 Å². The quantitative estimate of drug-likeness (QED) is 0.715. The third kappa shape index (κ3) is 3.59. The lowest BCUT2D eigenvalue weighted by Gasteiger charge is -2.34. The third-order valence-corrected chi connectivity index (χ3v) is 5.02. The van der Waals surface area contributed by atoms with Gasteiger partial charge in [-0.1, -0.05) is 11.6 Å². The molecule has 0 amide bonds. The van der Waals surface area contributed by atoms with Gasteiger partial charge in [-0.15, -0.1) is 11.8 Å². The van der Waals surface area contributed by atoms with Gasteiger partial charge in [0.15, 0.2) is 5.44 Å². The fourth-order valence-electron chi connectivity index (χ4n) is 2.20. The summed E-state index contributed by atoms with van der Waals surface area (Å²) in [5.41, 5.74) is 0.706. The summed E-state index contributed by atoms with van der Waals surface area (Å²) in [6.07, 6.45) is -0.226. The first-order chi connectivity index (χ1) is 11.1. The van der Waals surface area contributed by atoms with Gasteiger partial charge in [0.25, 0.3) is 0 Å². The van der Waals surface area contributed by atoms with Crippen LogP contribution in [0.4, 0.5) is 0 Å². The van der Waals surface area contributed by atoms with Crippen molar-refractivity contribution < 1.29 is 20.1 Å². The van der Waals surface area contributed by atoms with Gasteiger partial charge in [-0.3, -0.25) is 4.98 Å². The van der Waals surface area contributed by atoms with Crippen LogP contribution in [-0.4, -0.2) is 54.8 Å². The van der Waals surface area contributed by atoms with Crippen LogP contribution in [0, 0.1) is 0 Å². The Hall–Kier alpha value is -1.38. The van der Waals surface area contributed by atoms with Crippen LogP contribution in [0.2, 0.25) is 5.15 Å². The van der Waals surface area contributed by atoms with Gasteiger partial charge in [-0.05, 0) is 24.3 Å². The average molecular weight is 355 g/mol. The summed E-state index contributed by atoms with van der Waals surface area (Å²) in [7, 11) is 0. The highest BCUT2D eigenvalue weighted by atomic mass is 35.5. The van der Waals surface area contributed by atoms with E-state index in [1.54, 1.807) is 24.4 Å². The van der Waals surface area contributed by atoms with Gasteiger partial charge >= 0.3 is 0 Å². The van der Waals surface area contributed by atoms with E-state index >= 15 is 0 Å². The summed E-state index contributed by atoms with van der Waals surface area (Å²) in [4.78, 5) is 8.29. The van der Waals surface area contributed by atoms with Gasteiger partial charge in [0.2, 0.25) is 0 Å². The maximum Gasteiger partial charge on any atom is 0.173 e. The summed E-state index contributed by atoms with van der Waals surface area (Å²) in [5, 5.41) is 29.5. The Morgan fingerprint density at radius 3 is 2.65 bits per heavy atom. The molecular formula is C15H15ClN2O4S. The van der Waals surface area contributed by atoms with Crippen LogP contribution < -0.4 is 4.74 Å². The predicted octanol–water partition coefficient (Wildman–Crippen LogP) is 1.33. The lowest BCUT2D eigenvalue weighted by molar-refractivity contribution is -0.0786. The zero-order chi connectivity index (χ0) is 16.4. The minimum absolute atomic E-state index is 0.291. The van der Waals surface area contributed by atoms with E-state index in [9.17, 15) is 15.3 Å². The molecule has 0 radical (unpaired) electrons. The fourth-order valence-corrected chi connectivity index (χ4v) is 3.54. The van der Waals surface area contributed by atoms with Crippen molar-refractivity contribution in [3.63, 3.8) is 0 Å². The van der Waals surface area contributed by atoms with Gasteiger partial charge in [-0.25, -0.2) is 4.98 Å². The standard InChI is InChI=1S/C15H15ClN2O4S/c16-14-9(2-1-5-17-14)10-4-3-8(6-18-10)22-15-13(21)12(20)11(19)7-23-15/h1-6,11-13,15,19-21H,7H2/t11-,12+,13-,15-/m1/s1. The Bertz CT molecular complexity index is 673. The molecule has 1 saturated heterocycles. The van der Waals surface area contributed by atoms with Crippen LogP contribution in [0.15, 0.2) is 36.7 Å². The molecule has 1 fully saturated rings. The molecule has 3 rings (SSSR count). The summed E-state index contributed by atoms with van der Waals surface area (Å²) < 4.78 is 5.64. The summed E-state index contributed by atoms with van der Waals surface area (Å²) in [5.74, 6) is 0.744. The molecule has 0 spiro atoms. The highest BCUT2D eigenvalue weighted by Crippen LogP contribution is 2.30. The number of pyridine rings is 2.